The fourth-order valence-electron chi connectivity index (χ4n) is 7.63. The van der Waals surface area contributed by atoms with Crippen LogP contribution in [-0.4, -0.2) is 19.5 Å². The van der Waals surface area contributed by atoms with Crippen LogP contribution in [-0.2, 0) is 0 Å². The van der Waals surface area contributed by atoms with E-state index in [-0.39, 0.29) is 5.92 Å². The lowest BCUT2D eigenvalue weighted by Gasteiger charge is -2.21. The summed E-state index contributed by atoms with van der Waals surface area (Å²) in [7, 11) is 0. The van der Waals surface area contributed by atoms with E-state index in [0.29, 0.717) is 11.6 Å². The molecular weight excluding hydrogens is 573 g/mol. The summed E-state index contributed by atoms with van der Waals surface area (Å²) in [6, 6.07) is 47.3. The third-order valence-electron chi connectivity index (χ3n) is 9.70. The topological polar surface area (TPSA) is 43.6 Å². The van der Waals surface area contributed by atoms with Gasteiger partial charge in [-0.05, 0) is 51.2 Å². The summed E-state index contributed by atoms with van der Waals surface area (Å²) in [5, 5.41) is 5.23. The third-order valence-corrected chi connectivity index (χ3v) is 9.70. The zero-order valence-corrected chi connectivity index (χ0v) is 25.5. The van der Waals surface area contributed by atoms with Crippen molar-refractivity contribution >= 4 is 38.3 Å². The van der Waals surface area contributed by atoms with E-state index in [0.717, 1.165) is 23.4 Å². The molecule has 8 aromatic rings. The van der Waals surface area contributed by atoms with Gasteiger partial charge in [-0.15, -0.1) is 0 Å². The minimum atomic E-state index is -0.0109. The molecule has 4 heteroatoms. The normalized spacial score (nSPS) is 15.0. The van der Waals surface area contributed by atoms with Gasteiger partial charge in [0, 0.05) is 39.9 Å². The number of nitrogens with zero attached hydrogens (tertiary/aromatic N) is 4. The Morgan fingerprint density at radius 1 is 0.489 bits per heavy atom. The molecule has 47 heavy (non-hydrogen) atoms. The monoisotopic (exact) mass is 600 g/mol. The molecule has 0 fully saturated rings. The number of hydrogen-bond donors (Lipinski definition) is 0. The highest BCUT2D eigenvalue weighted by atomic mass is 15.0. The molecule has 0 amide bonds. The number of allylic oxidation sites excluding steroid dienone is 4. The summed E-state index contributed by atoms with van der Waals surface area (Å²) in [5.74, 6) is 2.16. The summed E-state index contributed by atoms with van der Waals surface area (Å²) in [6.07, 6.45) is 7.43. The average molecular weight is 601 g/mol. The largest absolute Gasteiger partial charge is 0.313 e. The van der Waals surface area contributed by atoms with Gasteiger partial charge in [0.25, 0.3) is 0 Å². The third kappa shape index (κ3) is 3.98. The number of benzene rings is 6. The molecule has 0 aliphatic heterocycles. The van der Waals surface area contributed by atoms with Gasteiger partial charge < -0.3 is 4.57 Å². The lowest BCUT2D eigenvalue weighted by molar-refractivity contribution is 0.758. The minimum absolute atomic E-state index is 0.0109. The molecule has 10 rings (SSSR count). The van der Waals surface area contributed by atoms with Crippen molar-refractivity contribution in [2.45, 2.75) is 12.3 Å². The predicted octanol–water partition coefficient (Wildman–Crippen LogP) is 10.7. The molecule has 220 valence electrons. The second-order valence-corrected chi connectivity index (χ2v) is 12.4. The highest BCUT2D eigenvalue weighted by molar-refractivity contribution is 6.30. The fourth-order valence-corrected chi connectivity index (χ4v) is 7.63. The Morgan fingerprint density at radius 2 is 1.09 bits per heavy atom. The second kappa shape index (κ2) is 10.2. The maximum atomic E-state index is 5.08. The van der Waals surface area contributed by atoms with Crippen LogP contribution in [0.2, 0.25) is 0 Å². The molecule has 0 N–H and O–H groups in total. The smallest absolute Gasteiger partial charge is 0.163 e. The van der Waals surface area contributed by atoms with Crippen molar-refractivity contribution in [3.8, 4) is 45.0 Å². The van der Waals surface area contributed by atoms with Crippen molar-refractivity contribution in [3.63, 3.8) is 0 Å². The zero-order chi connectivity index (χ0) is 30.9. The van der Waals surface area contributed by atoms with Gasteiger partial charge in [0.1, 0.15) is 5.82 Å². The Morgan fingerprint density at radius 3 is 1.79 bits per heavy atom. The minimum Gasteiger partial charge on any atom is -0.313 e. The standard InChI is InChI=1S/C43H28N4/c1-3-12-28(13-4-1)41-44-42(29-14-5-2-6-15-29)46-43(45-41)30-17-9-18-31(26-30)47-36-23-11-22-35-33-20-8-7-19-32(33)34-21-10-16-27-24-25-37(47)40(38(27)34)39(35)36/h1-25,30H,26H2. The van der Waals surface area contributed by atoms with Gasteiger partial charge >= 0.3 is 0 Å². The molecule has 2 aliphatic carbocycles. The average Bonchev–Trinajstić information content (AvgIpc) is 3.43. The Balaban J connectivity index is 1.16. The summed E-state index contributed by atoms with van der Waals surface area (Å²) >= 11 is 0. The van der Waals surface area contributed by atoms with E-state index in [1.165, 1.54) is 60.5 Å². The van der Waals surface area contributed by atoms with E-state index in [1.807, 2.05) is 36.4 Å². The number of aromatic nitrogens is 4. The molecule has 6 aromatic carbocycles. The van der Waals surface area contributed by atoms with Crippen molar-refractivity contribution < 1.29 is 0 Å². The fraction of sp³-hybridized carbons (Fsp3) is 0.0465. The van der Waals surface area contributed by atoms with Crippen molar-refractivity contribution in [2.75, 3.05) is 0 Å². The van der Waals surface area contributed by atoms with E-state index in [1.54, 1.807) is 0 Å². The first-order valence-electron chi connectivity index (χ1n) is 16.1. The van der Waals surface area contributed by atoms with Gasteiger partial charge in [0.15, 0.2) is 11.6 Å². The van der Waals surface area contributed by atoms with Gasteiger partial charge in [0.2, 0.25) is 0 Å². The highest BCUT2D eigenvalue weighted by Crippen LogP contribution is 2.50. The van der Waals surface area contributed by atoms with Crippen LogP contribution >= 0.6 is 0 Å². The lowest BCUT2D eigenvalue weighted by atomic mass is 9.93. The molecule has 1 unspecified atom stereocenters. The molecular formula is C43H28N4. The van der Waals surface area contributed by atoms with Crippen LogP contribution in [0.5, 0.6) is 0 Å². The first kappa shape index (κ1) is 26.1. The molecule has 0 spiro atoms. The Labute approximate surface area is 272 Å². The Kier molecular flexibility index (Phi) is 5.67. The van der Waals surface area contributed by atoms with E-state index >= 15 is 0 Å². The molecule has 2 aliphatic rings. The van der Waals surface area contributed by atoms with Crippen LogP contribution in [0.3, 0.4) is 0 Å². The van der Waals surface area contributed by atoms with Crippen LogP contribution in [0, 0.1) is 0 Å². The molecule has 1 atom stereocenters. The molecule has 0 saturated heterocycles. The summed E-state index contributed by atoms with van der Waals surface area (Å²) in [5.41, 5.74) is 10.8. The summed E-state index contributed by atoms with van der Waals surface area (Å²) < 4.78 is 2.48. The first-order valence-corrected chi connectivity index (χ1v) is 16.1. The maximum absolute atomic E-state index is 5.08. The zero-order valence-electron chi connectivity index (χ0n) is 25.5. The molecule has 0 saturated carbocycles. The van der Waals surface area contributed by atoms with Crippen LogP contribution in [0.25, 0.3) is 83.3 Å². The lowest BCUT2D eigenvalue weighted by Crippen LogP contribution is -2.11. The van der Waals surface area contributed by atoms with Crippen molar-refractivity contribution in [2.24, 2.45) is 0 Å². The summed E-state index contributed by atoms with van der Waals surface area (Å²) in [4.78, 5) is 15.1. The Hall–Kier alpha value is -6.13. The van der Waals surface area contributed by atoms with E-state index in [2.05, 4.69) is 120 Å². The van der Waals surface area contributed by atoms with E-state index in [4.69, 9.17) is 15.0 Å². The first-order chi connectivity index (χ1) is 23.3. The van der Waals surface area contributed by atoms with Gasteiger partial charge in [-0.3, -0.25) is 0 Å². The number of rotatable bonds is 4. The predicted molar refractivity (Wildman–Crippen MR) is 193 cm³/mol. The van der Waals surface area contributed by atoms with Gasteiger partial charge in [-0.2, -0.15) is 0 Å². The molecule has 4 nitrogen and oxygen atoms in total. The molecule has 0 radical (unpaired) electrons. The highest BCUT2D eigenvalue weighted by Gasteiger charge is 2.27. The van der Waals surface area contributed by atoms with Gasteiger partial charge in [-0.25, -0.2) is 15.0 Å². The van der Waals surface area contributed by atoms with Crippen LogP contribution in [0.4, 0.5) is 0 Å². The SMILES string of the molecule is C1=CC(c2nc(-c3ccccc3)nc(-c3ccccc3)n2)CC(n2c3cccc4c3c3c5c(cccc5ccc32)-c2ccccc2-4)=C1. The summed E-state index contributed by atoms with van der Waals surface area (Å²) in [6.45, 7) is 0. The molecule has 2 aromatic heterocycles. The second-order valence-electron chi connectivity index (χ2n) is 12.4. The van der Waals surface area contributed by atoms with Crippen molar-refractivity contribution in [3.05, 3.63) is 158 Å². The number of fused-ring (bicyclic) bond motifs is 3. The van der Waals surface area contributed by atoms with Crippen LogP contribution in [0.15, 0.2) is 152 Å². The Bertz CT molecular complexity index is 2540. The van der Waals surface area contributed by atoms with Crippen molar-refractivity contribution in [1.82, 2.24) is 19.5 Å². The van der Waals surface area contributed by atoms with E-state index < -0.39 is 0 Å². The van der Waals surface area contributed by atoms with E-state index in [9.17, 15) is 0 Å². The van der Waals surface area contributed by atoms with Gasteiger partial charge in [-0.1, -0.05) is 133 Å². The molecule has 2 heterocycles. The van der Waals surface area contributed by atoms with Gasteiger partial charge in [0.05, 0.1) is 11.0 Å². The van der Waals surface area contributed by atoms with Crippen molar-refractivity contribution in [1.29, 1.82) is 0 Å². The molecule has 0 bridgehead atoms. The number of hydrogen-bond acceptors (Lipinski definition) is 3. The van der Waals surface area contributed by atoms with Crippen LogP contribution < -0.4 is 0 Å². The quantitative estimate of drug-likeness (QED) is 0.202. The van der Waals surface area contributed by atoms with Crippen LogP contribution in [0.1, 0.15) is 18.2 Å². The maximum Gasteiger partial charge on any atom is 0.163 e.